The van der Waals surface area contributed by atoms with Gasteiger partial charge in [-0.2, -0.15) is 5.10 Å². The van der Waals surface area contributed by atoms with Gasteiger partial charge in [0.2, 0.25) is 5.91 Å². The van der Waals surface area contributed by atoms with Crippen molar-refractivity contribution in [2.24, 2.45) is 5.92 Å². The molecule has 1 fully saturated rings. The van der Waals surface area contributed by atoms with Gasteiger partial charge >= 0.3 is 0 Å². The highest BCUT2D eigenvalue weighted by Gasteiger charge is 2.21. The topological polar surface area (TPSA) is 89.1 Å². The number of rotatable bonds is 5. The van der Waals surface area contributed by atoms with E-state index in [1.54, 1.807) is 17.1 Å². The normalized spacial score (nSPS) is 17.9. The lowest BCUT2D eigenvalue weighted by Gasteiger charge is -2.33. The van der Waals surface area contributed by atoms with E-state index in [1.807, 2.05) is 24.4 Å². The van der Waals surface area contributed by atoms with Crippen molar-refractivity contribution >= 4 is 17.4 Å². The highest BCUT2D eigenvalue weighted by Crippen LogP contribution is 2.20. The van der Waals surface area contributed by atoms with Crippen LogP contribution >= 0.6 is 0 Å². The Bertz CT molecular complexity index is 641. The molecule has 0 aromatic carbocycles. The molecule has 3 N–H and O–H groups in total. The van der Waals surface area contributed by atoms with Crippen LogP contribution in [0.15, 0.2) is 36.8 Å². The van der Waals surface area contributed by atoms with Gasteiger partial charge in [0.15, 0.2) is 0 Å². The van der Waals surface area contributed by atoms with Crippen LogP contribution in [0.1, 0.15) is 12.8 Å². The number of amides is 1. The lowest BCUT2D eigenvalue weighted by atomic mass is 9.98. The quantitative estimate of drug-likeness (QED) is 0.855. The van der Waals surface area contributed by atoms with Gasteiger partial charge in [-0.25, -0.2) is 4.98 Å². The molecule has 3 rings (SSSR count). The minimum atomic E-state index is -0.0388. The molecule has 122 valence electrons. The largest absolute Gasteiger partial charge is 0.396 e. The van der Waals surface area contributed by atoms with Crippen LogP contribution < -0.4 is 16.0 Å². The lowest BCUT2D eigenvalue weighted by Crippen LogP contribution is -2.41. The van der Waals surface area contributed by atoms with Gasteiger partial charge in [-0.1, -0.05) is 6.07 Å². The van der Waals surface area contributed by atoms with E-state index in [9.17, 15) is 4.79 Å². The number of anilines is 2. The maximum absolute atomic E-state index is 12.0. The number of nitrogen functional groups attached to an aromatic ring is 1. The van der Waals surface area contributed by atoms with Gasteiger partial charge in [-0.05, 0) is 30.9 Å². The molecule has 2 aromatic rings. The van der Waals surface area contributed by atoms with Crippen LogP contribution in [0.3, 0.4) is 0 Å². The molecule has 23 heavy (non-hydrogen) atoms. The third-order valence-electron chi connectivity index (χ3n) is 4.04. The van der Waals surface area contributed by atoms with Crippen molar-refractivity contribution in [1.29, 1.82) is 0 Å². The van der Waals surface area contributed by atoms with E-state index in [1.165, 1.54) is 0 Å². The third kappa shape index (κ3) is 4.21. The van der Waals surface area contributed by atoms with E-state index in [0.29, 0.717) is 18.2 Å². The monoisotopic (exact) mass is 314 g/mol. The number of hydrogen-bond donors (Lipinski definition) is 2. The van der Waals surface area contributed by atoms with Crippen molar-refractivity contribution < 1.29 is 4.79 Å². The summed E-state index contributed by atoms with van der Waals surface area (Å²) in [6.07, 6.45) is 7.25. The molecule has 1 aliphatic heterocycles. The Hall–Kier alpha value is -2.57. The number of nitrogens with zero attached hydrogens (tertiary/aromatic N) is 4. The van der Waals surface area contributed by atoms with Crippen LogP contribution in [-0.2, 0) is 11.3 Å². The Morgan fingerprint density at radius 2 is 2.35 bits per heavy atom. The van der Waals surface area contributed by atoms with Gasteiger partial charge < -0.3 is 16.0 Å². The fourth-order valence-corrected chi connectivity index (χ4v) is 2.91. The average Bonchev–Trinajstić information content (AvgIpc) is 2.99. The summed E-state index contributed by atoms with van der Waals surface area (Å²) in [6.45, 7) is 2.83. The number of nitrogens with two attached hydrogens (primary N) is 1. The zero-order valence-corrected chi connectivity index (χ0v) is 13.1. The predicted molar refractivity (Wildman–Crippen MR) is 88.8 cm³/mol. The Balaban J connectivity index is 1.47. The molecule has 2 aromatic heterocycles. The summed E-state index contributed by atoms with van der Waals surface area (Å²) in [6, 6.07) is 5.96. The molecule has 1 atom stereocenters. The molecule has 1 amide bonds. The Labute approximate surface area is 135 Å². The van der Waals surface area contributed by atoms with Gasteiger partial charge in [-0.15, -0.1) is 0 Å². The standard InChI is InChI=1S/C16H22N6O/c17-14-9-20-22(11-14)12-16(23)19-8-13-4-3-7-21(10-13)15-5-1-2-6-18-15/h1-2,5-6,9,11,13H,3-4,7-8,10,12,17H2,(H,19,23). The van der Waals surface area contributed by atoms with Crippen LogP contribution in [0.2, 0.25) is 0 Å². The molecule has 0 spiro atoms. The van der Waals surface area contributed by atoms with Gasteiger partial charge in [0.1, 0.15) is 12.4 Å². The van der Waals surface area contributed by atoms with Crippen molar-refractivity contribution in [3.05, 3.63) is 36.8 Å². The maximum atomic E-state index is 12.0. The minimum Gasteiger partial charge on any atom is -0.396 e. The van der Waals surface area contributed by atoms with E-state index < -0.39 is 0 Å². The molecule has 1 unspecified atom stereocenters. The second-order valence-corrected chi connectivity index (χ2v) is 5.92. The van der Waals surface area contributed by atoms with E-state index in [4.69, 9.17) is 5.73 Å². The second kappa shape index (κ2) is 7.13. The summed E-state index contributed by atoms with van der Waals surface area (Å²) in [5.41, 5.74) is 6.16. The molecular formula is C16H22N6O. The van der Waals surface area contributed by atoms with Crippen molar-refractivity contribution in [3.63, 3.8) is 0 Å². The van der Waals surface area contributed by atoms with Crippen molar-refractivity contribution in [1.82, 2.24) is 20.1 Å². The van der Waals surface area contributed by atoms with Crippen LogP contribution in [0.5, 0.6) is 0 Å². The maximum Gasteiger partial charge on any atom is 0.241 e. The number of carbonyl (C=O) groups excluding carboxylic acids is 1. The number of pyridine rings is 1. The molecular weight excluding hydrogens is 292 g/mol. The minimum absolute atomic E-state index is 0.0388. The lowest BCUT2D eigenvalue weighted by molar-refractivity contribution is -0.122. The summed E-state index contributed by atoms with van der Waals surface area (Å²) in [5, 5.41) is 7.01. The fourth-order valence-electron chi connectivity index (χ4n) is 2.91. The smallest absolute Gasteiger partial charge is 0.241 e. The van der Waals surface area contributed by atoms with Gasteiger partial charge in [-0.3, -0.25) is 9.48 Å². The fraction of sp³-hybridized carbons (Fsp3) is 0.438. The number of aromatic nitrogens is 3. The summed E-state index contributed by atoms with van der Waals surface area (Å²) >= 11 is 0. The molecule has 0 aliphatic carbocycles. The van der Waals surface area contributed by atoms with Gasteiger partial charge in [0.05, 0.1) is 11.9 Å². The summed E-state index contributed by atoms with van der Waals surface area (Å²) in [4.78, 5) is 18.7. The number of hydrogen-bond acceptors (Lipinski definition) is 5. The van der Waals surface area contributed by atoms with Gasteiger partial charge in [0, 0.05) is 32.0 Å². The number of carbonyl (C=O) groups is 1. The van der Waals surface area contributed by atoms with Crippen molar-refractivity contribution in [2.75, 3.05) is 30.3 Å². The first-order chi connectivity index (χ1) is 11.2. The molecule has 1 saturated heterocycles. The van der Waals surface area contributed by atoms with E-state index in [0.717, 1.165) is 31.7 Å². The Kier molecular flexibility index (Phi) is 4.75. The number of nitrogens with one attached hydrogen (secondary N) is 1. The second-order valence-electron chi connectivity index (χ2n) is 5.92. The molecule has 3 heterocycles. The van der Waals surface area contributed by atoms with Crippen LogP contribution in [0.25, 0.3) is 0 Å². The summed E-state index contributed by atoms with van der Waals surface area (Å²) in [7, 11) is 0. The first-order valence-corrected chi connectivity index (χ1v) is 7.91. The average molecular weight is 314 g/mol. The van der Waals surface area contributed by atoms with Crippen LogP contribution in [0, 0.1) is 5.92 Å². The van der Waals surface area contributed by atoms with Crippen LogP contribution in [-0.4, -0.2) is 40.3 Å². The highest BCUT2D eigenvalue weighted by molar-refractivity contribution is 5.75. The van der Waals surface area contributed by atoms with E-state index >= 15 is 0 Å². The molecule has 0 bridgehead atoms. The molecule has 1 aliphatic rings. The summed E-state index contributed by atoms with van der Waals surface area (Å²) < 4.78 is 1.55. The van der Waals surface area contributed by atoms with Crippen molar-refractivity contribution in [2.45, 2.75) is 19.4 Å². The SMILES string of the molecule is Nc1cnn(CC(=O)NCC2CCCN(c3ccccn3)C2)c1. The number of piperidine rings is 1. The summed E-state index contributed by atoms with van der Waals surface area (Å²) in [5.74, 6) is 1.41. The molecule has 7 heteroatoms. The zero-order valence-electron chi connectivity index (χ0n) is 13.1. The Morgan fingerprint density at radius 3 is 3.09 bits per heavy atom. The molecule has 0 radical (unpaired) electrons. The first kappa shape index (κ1) is 15.3. The van der Waals surface area contributed by atoms with Gasteiger partial charge in [0.25, 0.3) is 0 Å². The zero-order chi connectivity index (χ0) is 16.1. The molecule has 7 nitrogen and oxygen atoms in total. The van der Waals surface area contributed by atoms with E-state index in [2.05, 4.69) is 20.3 Å². The Morgan fingerprint density at radius 1 is 1.43 bits per heavy atom. The van der Waals surface area contributed by atoms with E-state index in [-0.39, 0.29) is 12.5 Å². The predicted octanol–water partition coefficient (Wildman–Crippen LogP) is 0.893. The third-order valence-corrected chi connectivity index (χ3v) is 4.04. The highest BCUT2D eigenvalue weighted by atomic mass is 16.2. The van der Waals surface area contributed by atoms with Crippen LogP contribution in [0.4, 0.5) is 11.5 Å². The molecule has 0 saturated carbocycles. The van der Waals surface area contributed by atoms with Crippen molar-refractivity contribution in [3.8, 4) is 0 Å². The first-order valence-electron chi connectivity index (χ1n) is 7.91.